The van der Waals surface area contributed by atoms with E-state index in [2.05, 4.69) is 37.2 Å². The molecule has 21 heavy (non-hydrogen) atoms. The Balaban J connectivity index is 2.33. The first kappa shape index (κ1) is 16.6. The van der Waals surface area contributed by atoms with E-state index < -0.39 is 11.6 Å². The molecule has 1 N–H and O–H groups in total. The lowest BCUT2D eigenvalue weighted by atomic mass is 9.98. The number of hydrogen-bond acceptors (Lipinski definition) is 1. The minimum atomic E-state index is -0.808. The fraction of sp³-hybridized carbons (Fsp3) is 0.250. The summed E-state index contributed by atoms with van der Waals surface area (Å²) in [6, 6.07) is 10.1. The number of halogens is 4. The van der Waals surface area contributed by atoms with Crippen molar-refractivity contribution in [1.29, 1.82) is 0 Å². The number of rotatable bonds is 5. The molecule has 2 aromatic rings. The number of likely N-dealkylation sites (N-methyl/N-ethyl adjacent to an activating group) is 1. The fourth-order valence-corrected chi connectivity index (χ4v) is 3.57. The highest BCUT2D eigenvalue weighted by molar-refractivity contribution is 9.11. The van der Waals surface area contributed by atoms with E-state index in [4.69, 9.17) is 0 Å². The van der Waals surface area contributed by atoms with Crippen LogP contribution in [0.15, 0.2) is 45.3 Å². The van der Waals surface area contributed by atoms with Crippen molar-refractivity contribution in [1.82, 2.24) is 5.32 Å². The third-order valence-electron chi connectivity index (χ3n) is 3.24. The van der Waals surface area contributed by atoms with Gasteiger partial charge in [-0.05, 0) is 42.3 Å². The molecule has 1 nitrogen and oxygen atoms in total. The topological polar surface area (TPSA) is 12.0 Å². The van der Waals surface area contributed by atoms with Gasteiger partial charge in [-0.25, -0.2) is 8.78 Å². The molecule has 0 radical (unpaired) electrons. The molecule has 0 saturated carbocycles. The van der Waals surface area contributed by atoms with Gasteiger partial charge < -0.3 is 5.32 Å². The SMILES string of the molecule is CCNC(Cc1cccc(F)c1F)c1ccc(Br)cc1Br. The van der Waals surface area contributed by atoms with Gasteiger partial charge in [0.25, 0.3) is 0 Å². The molecule has 0 heterocycles. The van der Waals surface area contributed by atoms with Gasteiger partial charge in [-0.15, -0.1) is 0 Å². The summed E-state index contributed by atoms with van der Waals surface area (Å²) < 4.78 is 29.1. The van der Waals surface area contributed by atoms with Crippen LogP contribution < -0.4 is 5.32 Å². The minimum absolute atomic E-state index is 0.0891. The Bertz CT molecular complexity index is 632. The lowest BCUT2D eigenvalue weighted by Gasteiger charge is -2.20. The fourth-order valence-electron chi connectivity index (χ4n) is 2.25. The van der Waals surface area contributed by atoms with Crippen LogP contribution in [0.5, 0.6) is 0 Å². The molecule has 0 bridgehead atoms. The third-order valence-corrected chi connectivity index (χ3v) is 4.42. The van der Waals surface area contributed by atoms with Gasteiger partial charge in [0.2, 0.25) is 0 Å². The van der Waals surface area contributed by atoms with Gasteiger partial charge in [0, 0.05) is 15.0 Å². The van der Waals surface area contributed by atoms with Crippen molar-refractivity contribution in [2.24, 2.45) is 0 Å². The molecule has 2 rings (SSSR count). The number of nitrogens with one attached hydrogen (secondary N) is 1. The van der Waals surface area contributed by atoms with Gasteiger partial charge in [-0.2, -0.15) is 0 Å². The summed E-state index contributed by atoms with van der Waals surface area (Å²) in [6.45, 7) is 2.73. The van der Waals surface area contributed by atoms with Crippen LogP contribution in [-0.4, -0.2) is 6.54 Å². The van der Waals surface area contributed by atoms with Crippen LogP contribution in [0, 0.1) is 11.6 Å². The van der Waals surface area contributed by atoms with E-state index in [1.165, 1.54) is 6.07 Å². The molecule has 1 atom stereocenters. The second-order valence-electron chi connectivity index (χ2n) is 4.69. The van der Waals surface area contributed by atoms with E-state index in [9.17, 15) is 8.78 Å². The summed E-state index contributed by atoms with van der Waals surface area (Å²) in [5, 5.41) is 3.32. The standard InChI is InChI=1S/C16H15Br2F2N/c1-2-21-15(12-7-6-11(17)9-13(12)18)8-10-4-3-5-14(19)16(10)20/h3-7,9,15,21H,2,8H2,1H3. The highest BCUT2D eigenvalue weighted by atomic mass is 79.9. The Morgan fingerprint density at radius 1 is 1.14 bits per heavy atom. The number of benzene rings is 2. The molecule has 0 amide bonds. The minimum Gasteiger partial charge on any atom is -0.310 e. The Hall–Kier alpha value is -0.780. The highest BCUT2D eigenvalue weighted by Gasteiger charge is 2.17. The van der Waals surface area contributed by atoms with Crippen molar-refractivity contribution in [3.05, 3.63) is 68.1 Å². The quantitative estimate of drug-likeness (QED) is 0.686. The molecule has 112 valence electrons. The van der Waals surface area contributed by atoms with E-state index in [1.54, 1.807) is 6.07 Å². The molecular weight excluding hydrogens is 404 g/mol. The van der Waals surface area contributed by atoms with Gasteiger partial charge in [0.1, 0.15) is 0 Å². The van der Waals surface area contributed by atoms with Crippen molar-refractivity contribution < 1.29 is 8.78 Å². The van der Waals surface area contributed by atoms with E-state index in [0.717, 1.165) is 27.1 Å². The first-order valence-electron chi connectivity index (χ1n) is 6.64. The molecular formula is C16H15Br2F2N. The summed E-state index contributed by atoms with van der Waals surface area (Å²) >= 11 is 6.94. The van der Waals surface area contributed by atoms with Gasteiger partial charge in [-0.1, -0.05) is 57.0 Å². The summed E-state index contributed by atoms with van der Waals surface area (Å²) in [5.74, 6) is -1.58. The molecule has 0 spiro atoms. The van der Waals surface area contributed by atoms with Crippen molar-refractivity contribution in [3.63, 3.8) is 0 Å². The zero-order chi connectivity index (χ0) is 15.4. The third kappa shape index (κ3) is 4.11. The normalized spacial score (nSPS) is 12.4. The molecule has 5 heteroatoms. The maximum Gasteiger partial charge on any atom is 0.162 e. The van der Waals surface area contributed by atoms with Crippen LogP contribution in [0.1, 0.15) is 24.1 Å². The molecule has 0 aliphatic carbocycles. The van der Waals surface area contributed by atoms with E-state index in [-0.39, 0.29) is 6.04 Å². The van der Waals surface area contributed by atoms with Crippen LogP contribution in [-0.2, 0) is 6.42 Å². The van der Waals surface area contributed by atoms with Crippen molar-refractivity contribution >= 4 is 31.9 Å². The second kappa shape index (κ2) is 7.47. The average molecular weight is 419 g/mol. The maximum absolute atomic E-state index is 13.9. The van der Waals surface area contributed by atoms with Gasteiger partial charge in [0.05, 0.1) is 0 Å². The van der Waals surface area contributed by atoms with E-state index in [0.29, 0.717) is 12.0 Å². The highest BCUT2D eigenvalue weighted by Crippen LogP contribution is 2.29. The molecule has 1 unspecified atom stereocenters. The first-order valence-corrected chi connectivity index (χ1v) is 8.22. The smallest absolute Gasteiger partial charge is 0.162 e. The number of hydrogen-bond donors (Lipinski definition) is 1. The molecule has 2 aromatic carbocycles. The lowest BCUT2D eigenvalue weighted by Crippen LogP contribution is -2.23. The van der Waals surface area contributed by atoms with Crippen molar-refractivity contribution in [2.45, 2.75) is 19.4 Å². The van der Waals surface area contributed by atoms with Crippen LogP contribution in [0.2, 0.25) is 0 Å². The van der Waals surface area contributed by atoms with Crippen LogP contribution in [0.25, 0.3) is 0 Å². The molecule has 0 aromatic heterocycles. The Morgan fingerprint density at radius 2 is 1.90 bits per heavy atom. The van der Waals surface area contributed by atoms with Crippen LogP contribution >= 0.6 is 31.9 Å². The van der Waals surface area contributed by atoms with Crippen molar-refractivity contribution in [3.8, 4) is 0 Å². The molecule has 0 fully saturated rings. The average Bonchev–Trinajstić information content (AvgIpc) is 2.43. The van der Waals surface area contributed by atoms with Crippen LogP contribution in [0.4, 0.5) is 8.78 Å². The summed E-state index contributed by atoms with van der Waals surface area (Å²) in [5.41, 5.74) is 1.39. The van der Waals surface area contributed by atoms with Crippen LogP contribution in [0.3, 0.4) is 0 Å². The first-order chi connectivity index (χ1) is 10.0. The lowest BCUT2D eigenvalue weighted by molar-refractivity contribution is 0.481. The zero-order valence-corrected chi connectivity index (χ0v) is 14.6. The van der Waals surface area contributed by atoms with Gasteiger partial charge in [-0.3, -0.25) is 0 Å². The monoisotopic (exact) mass is 417 g/mol. The zero-order valence-electron chi connectivity index (χ0n) is 11.5. The van der Waals surface area contributed by atoms with Crippen molar-refractivity contribution in [2.75, 3.05) is 6.54 Å². The predicted octanol–water partition coefficient (Wildman–Crippen LogP) is 5.38. The van der Waals surface area contributed by atoms with Gasteiger partial charge in [0.15, 0.2) is 11.6 Å². The second-order valence-corrected chi connectivity index (χ2v) is 6.46. The maximum atomic E-state index is 13.9. The molecule has 0 saturated heterocycles. The van der Waals surface area contributed by atoms with E-state index >= 15 is 0 Å². The summed E-state index contributed by atoms with van der Waals surface area (Å²) in [7, 11) is 0. The predicted molar refractivity (Wildman–Crippen MR) is 88.3 cm³/mol. The Morgan fingerprint density at radius 3 is 2.57 bits per heavy atom. The molecule has 0 aliphatic heterocycles. The largest absolute Gasteiger partial charge is 0.310 e. The Kier molecular flexibility index (Phi) is 5.90. The van der Waals surface area contributed by atoms with Gasteiger partial charge >= 0.3 is 0 Å². The summed E-state index contributed by atoms with van der Waals surface area (Å²) in [6.07, 6.45) is 0.387. The summed E-state index contributed by atoms with van der Waals surface area (Å²) in [4.78, 5) is 0. The van der Waals surface area contributed by atoms with E-state index in [1.807, 2.05) is 25.1 Å². The molecule has 0 aliphatic rings. The Labute approximate surface area is 140 Å².